The summed E-state index contributed by atoms with van der Waals surface area (Å²) in [6.07, 6.45) is 0. The molecule has 1 aliphatic rings. The predicted octanol–water partition coefficient (Wildman–Crippen LogP) is 5.17. The summed E-state index contributed by atoms with van der Waals surface area (Å²) >= 11 is 5.21. The maximum Gasteiger partial charge on any atom is 0.229 e. The molecule has 4 aromatic rings. The van der Waals surface area contributed by atoms with E-state index in [1.807, 2.05) is 42.5 Å². The van der Waals surface area contributed by atoms with E-state index in [0.717, 1.165) is 39.0 Å². The number of nitrogens with zero attached hydrogens (tertiary/aromatic N) is 1. The predicted molar refractivity (Wildman–Crippen MR) is 112 cm³/mol. The number of aromatic nitrogens is 2. The van der Waals surface area contributed by atoms with E-state index < -0.39 is 0 Å². The smallest absolute Gasteiger partial charge is 0.229 e. The van der Waals surface area contributed by atoms with Crippen molar-refractivity contribution in [1.29, 1.82) is 0 Å². The summed E-state index contributed by atoms with van der Waals surface area (Å²) in [6.45, 7) is 0. The van der Waals surface area contributed by atoms with Gasteiger partial charge in [0.05, 0.1) is 12.7 Å². The Bertz CT molecular complexity index is 1270. The fraction of sp³-hybridized carbons (Fsp3) is 0.0909. The van der Waals surface area contributed by atoms with Crippen LogP contribution < -0.4 is 15.2 Å². The summed E-state index contributed by atoms with van der Waals surface area (Å²) in [5.74, 6) is 2.33. The summed E-state index contributed by atoms with van der Waals surface area (Å²) in [4.78, 5) is 7.37. The number of nitrogens with one attached hydrogen (secondary N) is 1. The molecule has 0 bridgehead atoms. The van der Waals surface area contributed by atoms with Crippen LogP contribution in [0.5, 0.6) is 17.4 Å². The minimum atomic E-state index is -0.143. The van der Waals surface area contributed by atoms with Crippen LogP contribution in [0.3, 0.4) is 0 Å². The number of nitrogens with two attached hydrogens (primary N) is 1. The summed E-state index contributed by atoms with van der Waals surface area (Å²) in [5.41, 5.74) is 9.29. The fourth-order valence-corrected chi connectivity index (χ4v) is 4.07. The molecule has 5 rings (SSSR count). The molecule has 0 radical (unpaired) electrons. The Labute approximate surface area is 166 Å². The van der Waals surface area contributed by atoms with Gasteiger partial charge in [-0.25, -0.2) is 0 Å². The lowest BCUT2D eigenvalue weighted by molar-refractivity contribution is 0.414. The van der Waals surface area contributed by atoms with Crippen molar-refractivity contribution in [2.75, 3.05) is 12.8 Å². The Balaban J connectivity index is 1.85. The minimum Gasteiger partial charge on any atom is -0.497 e. The summed E-state index contributed by atoms with van der Waals surface area (Å²) in [7, 11) is 1.66. The lowest BCUT2D eigenvalue weighted by atomic mass is 9.81. The number of benzene rings is 3. The largest absolute Gasteiger partial charge is 0.497 e. The van der Waals surface area contributed by atoms with Gasteiger partial charge >= 0.3 is 0 Å². The Hall–Kier alpha value is -3.38. The molecular weight excluding hydrogens is 370 g/mol. The Morgan fingerprint density at radius 3 is 2.61 bits per heavy atom. The number of rotatable bonds is 2. The quantitative estimate of drug-likeness (QED) is 0.409. The van der Waals surface area contributed by atoms with E-state index in [1.54, 1.807) is 7.11 Å². The monoisotopic (exact) mass is 387 g/mol. The molecule has 1 aliphatic heterocycles. The second kappa shape index (κ2) is 6.35. The highest BCUT2D eigenvalue weighted by atomic mass is 32.1. The molecular formula is C22H17N3O2S. The average molecular weight is 387 g/mol. The third kappa shape index (κ3) is 2.53. The van der Waals surface area contributed by atoms with Crippen molar-refractivity contribution in [2.24, 2.45) is 0 Å². The van der Waals surface area contributed by atoms with Gasteiger partial charge in [0, 0.05) is 11.5 Å². The van der Waals surface area contributed by atoms with Crippen LogP contribution in [0.15, 0.2) is 60.7 Å². The zero-order valence-electron chi connectivity index (χ0n) is 15.1. The molecule has 5 nitrogen and oxygen atoms in total. The summed E-state index contributed by atoms with van der Waals surface area (Å²) in [6, 6.07) is 20.3. The molecule has 1 atom stereocenters. The first-order chi connectivity index (χ1) is 13.7. The van der Waals surface area contributed by atoms with Gasteiger partial charge < -0.3 is 20.2 Å². The molecule has 0 fully saturated rings. The first-order valence-electron chi connectivity index (χ1n) is 8.89. The molecule has 2 heterocycles. The summed E-state index contributed by atoms with van der Waals surface area (Å²) in [5, 5.41) is 2.26. The first-order valence-corrected chi connectivity index (χ1v) is 9.29. The van der Waals surface area contributed by atoms with E-state index in [1.165, 1.54) is 0 Å². The molecule has 28 heavy (non-hydrogen) atoms. The van der Waals surface area contributed by atoms with Gasteiger partial charge in [-0.05, 0) is 46.8 Å². The Morgan fingerprint density at radius 1 is 1.04 bits per heavy atom. The topological polar surface area (TPSA) is 73.2 Å². The minimum absolute atomic E-state index is 0.143. The van der Waals surface area contributed by atoms with Crippen LogP contribution in [0, 0.1) is 4.77 Å². The van der Waals surface area contributed by atoms with E-state index in [4.69, 9.17) is 27.4 Å². The van der Waals surface area contributed by atoms with Crippen LogP contribution in [0.25, 0.3) is 10.8 Å². The number of hydrogen-bond acceptors (Lipinski definition) is 5. The van der Waals surface area contributed by atoms with Crippen LogP contribution in [0.1, 0.15) is 22.6 Å². The molecule has 1 unspecified atom stereocenters. The number of anilines is 1. The van der Waals surface area contributed by atoms with Crippen molar-refractivity contribution in [3.8, 4) is 17.4 Å². The normalized spacial score (nSPS) is 14.8. The molecule has 138 valence electrons. The van der Waals surface area contributed by atoms with Crippen LogP contribution in [0.4, 0.5) is 5.82 Å². The number of hydrogen-bond donors (Lipinski definition) is 2. The van der Waals surface area contributed by atoms with Crippen LogP contribution in [-0.2, 0) is 0 Å². The molecule has 0 amide bonds. The zero-order valence-corrected chi connectivity index (χ0v) is 15.9. The van der Waals surface area contributed by atoms with E-state index in [2.05, 4.69) is 28.2 Å². The third-order valence-electron chi connectivity index (χ3n) is 5.13. The number of ether oxygens (including phenoxy) is 2. The second-order valence-electron chi connectivity index (χ2n) is 6.68. The fourth-order valence-electron chi connectivity index (χ4n) is 3.88. The van der Waals surface area contributed by atoms with E-state index in [-0.39, 0.29) is 5.92 Å². The van der Waals surface area contributed by atoms with E-state index in [0.29, 0.717) is 16.5 Å². The Kier molecular flexibility index (Phi) is 3.80. The zero-order chi connectivity index (χ0) is 19.3. The van der Waals surface area contributed by atoms with Gasteiger partial charge in [0.15, 0.2) is 0 Å². The van der Waals surface area contributed by atoms with E-state index in [9.17, 15) is 0 Å². The molecule has 3 N–H and O–H groups in total. The maximum atomic E-state index is 6.36. The standard InChI is InChI=1S/C22H17N3O2S/c1-26-14-9-6-13(7-10-14)17-18-15-5-3-2-4-12(15)8-11-16(18)27-21-19(17)20(23)24-22(28)25-21/h2-11,17H,1H3,(H3,23,24,25,28). The van der Waals surface area contributed by atoms with Gasteiger partial charge in [-0.1, -0.05) is 42.5 Å². The van der Waals surface area contributed by atoms with Gasteiger partial charge in [-0.15, -0.1) is 0 Å². The molecule has 1 aromatic heterocycles. The SMILES string of the molecule is COc1ccc(C2c3c(nc(=S)[nH]c3N)Oc3ccc4ccccc4c32)cc1. The molecule has 0 saturated carbocycles. The molecule has 0 spiro atoms. The average Bonchev–Trinajstić information content (AvgIpc) is 2.72. The number of methoxy groups -OCH3 is 1. The highest BCUT2D eigenvalue weighted by Crippen LogP contribution is 2.50. The van der Waals surface area contributed by atoms with Gasteiger partial charge in [-0.2, -0.15) is 4.98 Å². The van der Waals surface area contributed by atoms with Crippen molar-refractivity contribution in [3.05, 3.63) is 82.1 Å². The first kappa shape index (κ1) is 16.8. The number of aromatic amines is 1. The maximum absolute atomic E-state index is 6.36. The van der Waals surface area contributed by atoms with Crippen LogP contribution >= 0.6 is 12.2 Å². The third-order valence-corrected chi connectivity index (χ3v) is 5.32. The van der Waals surface area contributed by atoms with Crippen molar-refractivity contribution >= 4 is 28.8 Å². The van der Waals surface area contributed by atoms with Gasteiger partial charge in [0.25, 0.3) is 0 Å². The number of nitrogen functional groups attached to an aromatic ring is 1. The van der Waals surface area contributed by atoms with Crippen LogP contribution in [0.2, 0.25) is 0 Å². The Morgan fingerprint density at radius 2 is 1.82 bits per heavy atom. The lowest BCUT2D eigenvalue weighted by Crippen LogP contribution is -2.16. The van der Waals surface area contributed by atoms with Crippen LogP contribution in [-0.4, -0.2) is 17.1 Å². The second-order valence-corrected chi connectivity index (χ2v) is 7.07. The van der Waals surface area contributed by atoms with Gasteiger partial charge in [0.1, 0.15) is 17.3 Å². The van der Waals surface area contributed by atoms with Crippen molar-refractivity contribution in [3.63, 3.8) is 0 Å². The number of fused-ring (bicyclic) bond motifs is 4. The van der Waals surface area contributed by atoms with Gasteiger partial charge in [0.2, 0.25) is 10.7 Å². The van der Waals surface area contributed by atoms with E-state index >= 15 is 0 Å². The van der Waals surface area contributed by atoms with Crippen molar-refractivity contribution in [2.45, 2.75) is 5.92 Å². The molecule has 3 aromatic carbocycles. The highest BCUT2D eigenvalue weighted by Gasteiger charge is 2.33. The lowest BCUT2D eigenvalue weighted by Gasteiger charge is -2.29. The van der Waals surface area contributed by atoms with Gasteiger partial charge in [-0.3, -0.25) is 0 Å². The number of H-pyrrole nitrogens is 1. The molecule has 0 aliphatic carbocycles. The van der Waals surface area contributed by atoms with Crippen molar-refractivity contribution in [1.82, 2.24) is 9.97 Å². The highest BCUT2D eigenvalue weighted by molar-refractivity contribution is 7.71. The van der Waals surface area contributed by atoms with Crippen molar-refractivity contribution < 1.29 is 9.47 Å². The summed E-state index contributed by atoms with van der Waals surface area (Å²) < 4.78 is 11.8. The molecule has 6 heteroatoms. The molecule has 0 saturated heterocycles.